The lowest BCUT2D eigenvalue weighted by atomic mass is 10.1. The van der Waals surface area contributed by atoms with Crippen LogP contribution in [0.15, 0.2) is 33.9 Å². The van der Waals surface area contributed by atoms with Gasteiger partial charge in [-0.05, 0) is 36.7 Å². The number of halogens is 1. The molecule has 4 rings (SSSR count). The molecular weight excluding hydrogens is 372 g/mol. The van der Waals surface area contributed by atoms with E-state index >= 15 is 0 Å². The van der Waals surface area contributed by atoms with E-state index in [-0.39, 0.29) is 0 Å². The predicted octanol–water partition coefficient (Wildman–Crippen LogP) is 4.26. The number of nitrogens with one attached hydrogen (secondary N) is 2. The molecule has 0 saturated heterocycles. The van der Waals surface area contributed by atoms with Crippen molar-refractivity contribution in [1.29, 1.82) is 5.26 Å². The monoisotopic (exact) mass is 384 g/mol. The molecule has 0 spiro atoms. The van der Waals surface area contributed by atoms with Crippen LogP contribution < -0.4 is 5.32 Å². The maximum absolute atomic E-state index is 9.48. The van der Waals surface area contributed by atoms with Crippen molar-refractivity contribution >= 4 is 49.4 Å². The van der Waals surface area contributed by atoms with Crippen LogP contribution in [0.4, 0.5) is 5.00 Å². The molecule has 0 fully saturated rings. The summed E-state index contributed by atoms with van der Waals surface area (Å²) in [7, 11) is 0. The summed E-state index contributed by atoms with van der Waals surface area (Å²) in [6.07, 6.45) is 4.70. The first-order valence-corrected chi connectivity index (χ1v) is 8.93. The SMILES string of the molecule is N#Cc1c(/N=C/c2c[nH]c3ccc(Br)cc23)sc2c1CCNC2. The van der Waals surface area contributed by atoms with Crippen molar-refractivity contribution in [2.45, 2.75) is 13.0 Å². The number of aromatic nitrogens is 1. The number of aliphatic imine (C=N–C) groups is 1. The Morgan fingerprint density at radius 3 is 3.17 bits per heavy atom. The summed E-state index contributed by atoms with van der Waals surface area (Å²) in [6, 6.07) is 8.45. The number of hydrogen-bond acceptors (Lipinski definition) is 4. The smallest absolute Gasteiger partial charge is 0.134 e. The minimum Gasteiger partial charge on any atom is -0.361 e. The van der Waals surface area contributed by atoms with Crippen LogP contribution in [0.5, 0.6) is 0 Å². The van der Waals surface area contributed by atoms with Gasteiger partial charge in [-0.15, -0.1) is 11.3 Å². The summed E-state index contributed by atoms with van der Waals surface area (Å²) in [4.78, 5) is 9.10. The van der Waals surface area contributed by atoms with Gasteiger partial charge >= 0.3 is 0 Å². The van der Waals surface area contributed by atoms with Crippen LogP contribution in [0.2, 0.25) is 0 Å². The average Bonchev–Trinajstić information content (AvgIpc) is 3.12. The highest BCUT2D eigenvalue weighted by Crippen LogP contribution is 2.37. The molecule has 1 aliphatic heterocycles. The fourth-order valence-electron chi connectivity index (χ4n) is 2.88. The zero-order valence-electron chi connectivity index (χ0n) is 12.2. The Kier molecular flexibility index (Phi) is 3.77. The van der Waals surface area contributed by atoms with Crippen LogP contribution in [0.25, 0.3) is 10.9 Å². The van der Waals surface area contributed by atoms with E-state index in [1.165, 1.54) is 10.4 Å². The summed E-state index contributed by atoms with van der Waals surface area (Å²) in [5.74, 6) is 0. The number of nitriles is 1. The minimum atomic E-state index is 0.740. The molecule has 3 heterocycles. The quantitative estimate of drug-likeness (QED) is 0.648. The first kappa shape index (κ1) is 14.6. The molecule has 2 aromatic heterocycles. The van der Waals surface area contributed by atoms with Gasteiger partial charge < -0.3 is 10.3 Å². The van der Waals surface area contributed by atoms with Crippen LogP contribution in [0.3, 0.4) is 0 Å². The third kappa shape index (κ3) is 2.61. The number of hydrogen-bond donors (Lipinski definition) is 2. The summed E-state index contributed by atoms with van der Waals surface area (Å²) < 4.78 is 1.04. The highest BCUT2D eigenvalue weighted by molar-refractivity contribution is 9.10. The van der Waals surface area contributed by atoms with E-state index in [1.807, 2.05) is 24.5 Å². The number of aromatic amines is 1. The number of nitrogens with zero attached hydrogens (tertiary/aromatic N) is 2. The Morgan fingerprint density at radius 1 is 1.39 bits per heavy atom. The second-order valence-electron chi connectivity index (χ2n) is 5.41. The first-order valence-electron chi connectivity index (χ1n) is 7.32. The number of thiophene rings is 1. The number of H-pyrrole nitrogens is 1. The molecular formula is C17H13BrN4S. The molecule has 1 aliphatic rings. The Bertz CT molecular complexity index is 961. The Balaban J connectivity index is 1.75. The van der Waals surface area contributed by atoms with Crippen molar-refractivity contribution in [1.82, 2.24) is 10.3 Å². The van der Waals surface area contributed by atoms with Gasteiger partial charge in [0.1, 0.15) is 11.1 Å². The van der Waals surface area contributed by atoms with Gasteiger partial charge in [0.25, 0.3) is 0 Å². The standard InChI is InChI=1S/C17H13BrN4S/c18-11-1-2-15-13(5-11)10(7-21-15)8-22-17-14(6-19)12-3-4-20-9-16(12)23-17/h1-2,5,7-8,20-21H,3-4,9H2/b22-8+. The van der Waals surface area contributed by atoms with E-state index in [2.05, 4.69) is 43.4 Å². The molecule has 4 nitrogen and oxygen atoms in total. The summed E-state index contributed by atoms with van der Waals surface area (Å²) in [6.45, 7) is 1.77. The molecule has 3 aromatic rings. The van der Waals surface area contributed by atoms with Crippen molar-refractivity contribution in [3.8, 4) is 6.07 Å². The molecule has 23 heavy (non-hydrogen) atoms. The van der Waals surface area contributed by atoms with E-state index < -0.39 is 0 Å². The van der Waals surface area contributed by atoms with E-state index in [0.717, 1.165) is 51.0 Å². The van der Waals surface area contributed by atoms with Gasteiger partial charge in [-0.1, -0.05) is 15.9 Å². The van der Waals surface area contributed by atoms with E-state index in [0.29, 0.717) is 0 Å². The second kappa shape index (κ2) is 5.93. The average molecular weight is 385 g/mol. The van der Waals surface area contributed by atoms with Gasteiger partial charge in [0, 0.05) is 44.8 Å². The van der Waals surface area contributed by atoms with Crippen molar-refractivity contribution in [3.05, 3.63) is 50.4 Å². The van der Waals surface area contributed by atoms with Crippen molar-refractivity contribution in [2.24, 2.45) is 4.99 Å². The van der Waals surface area contributed by atoms with Crippen LogP contribution in [0.1, 0.15) is 21.6 Å². The third-order valence-corrected chi connectivity index (χ3v) is 5.65. The molecule has 0 radical (unpaired) electrons. The zero-order chi connectivity index (χ0) is 15.8. The molecule has 0 saturated carbocycles. The normalized spacial score (nSPS) is 14.3. The molecule has 0 unspecified atom stereocenters. The maximum Gasteiger partial charge on any atom is 0.134 e. The van der Waals surface area contributed by atoms with E-state index in [9.17, 15) is 5.26 Å². The molecule has 114 valence electrons. The lowest BCUT2D eigenvalue weighted by Gasteiger charge is -2.11. The molecule has 0 atom stereocenters. The molecule has 0 bridgehead atoms. The van der Waals surface area contributed by atoms with Crippen molar-refractivity contribution in [2.75, 3.05) is 6.54 Å². The highest BCUT2D eigenvalue weighted by Gasteiger charge is 2.19. The van der Waals surface area contributed by atoms with Gasteiger partial charge in [0.05, 0.1) is 5.56 Å². The number of rotatable bonds is 2. The van der Waals surface area contributed by atoms with Crippen LogP contribution in [-0.2, 0) is 13.0 Å². The van der Waals surface area contributed by atoms with Crippen LogP contribution in [-0.4, -0.2) is 17.7 Å². The van der Waals surface area contributed by atoms with Gasteiger partial charge in [-0.3, -0.25) is 0 Å². The molecule has 2 N–H and O–H groups in total. The van der Waals surface area contributed by atoms with E-state index in [4.69, 9.17) is 0 Å². The topological polar surface area (TPSA) is 64.0 Å². The lowest BCUT2D eigenvalue weighted by Crippen LogP contribution is -2.22. The minimum absolute atomic E-state index is 0.740. The Morgan fingerprint density at radius 2 is 2.30 bits per heavy atom. The van der Waals surface area contributed by atoms with E-state index in [1.54, 1.807) is 11.3 Å². The van der Waals surface area contributed by atoms with Gasteiger partial charge in [-0.25, -0.2) is 4.99 Å². The third-order valence-electron chi connectivity index (χ3n) is 4.02. The largest absolute Gasteiger partial charge is 0.361 e. The second-order valence-corrected chi connectivity index (χ2v) is 7.41. The Hall–Kier alpha value is -1.94. The zero-order valence-corrected chi connectivity index (χ0v) is 14.6. The lowest BCUT2D eigenvalue weighted by molar-refractivity contribution is 0.654. The predicted molar refractivity (Wildman–Crippen MR) is 97.7 cm³/mol. The molecule has 0 aliphatic carbocycles. The fraction of sp³-hybridized carbons (Fsp3) is 0.176. The molecule has 6 heteroatoms. The van der Waals surface area contributed by atoms with Gasteiger partial charge in [-0.2, -0.15) is 5.26 Å². The fourth-order valence-corrected chi connectivity index (χ4v) is 4.35. The molecule has 0 amide bonds. The maximum atomic E-state index is 9.48. The summed E-state index contributed by atoms with van der Waals surface area (Å²) in [5, 5.41) is 14.7. The van der Waals surface area contributed by atoms with Gasteiger partial charge in [0.15, 0.2) is 0 Å². The first-order chi connectivity index (χ1) is 11.3. The van der Waals surface area contributed by atoms with Crippen molar-refractivity contribution < 1.29 is 0 Å². The summed E-state index contributed by atoms with van der Waals surface area (Å²) >= 11 is 5.12. The van der Waals surface area contributed by atoms with Crippen LogP contribution in [0, 0.1) is 11.3 Å². The van der Waals surface area contributed by atoms with Gasteiger partial charge in [0.2, 0.25) is 0 Å². The summed E-state index contributed by atoms with van der Waals surface area (Å²) in [5.41, 5.74) is 4.01. The van der Waals surface area contributed by atoms with Crippen molar-refractivity contribution in [3.63, 3.8) is 0 Å². The highest BCUT2D eigenvalue weighted by atomic mass is 79.9. The van der Waals surface area contributed by atoms with Crippen LogP contribution >= 0.6 is 27.3 Å². The number of benzene rings is 1. The Labute approximate surface area is 146 Å². The number of fused-ring (bicyclic) bond motifs is 2. The molecule has 1 aromatic carbocycles.